The molecule has 1 aliphatic heterocycles. The number of hydrogen-bond donors (Lipinski definition) is 2. The van der Waals surface area contributed by atoms with E-state index in [0.717, 1.165) is 22.4 Å². The Balaban J connectivity index is 1.68. The monoisotopic (exact) mass is 389 g/mol. The van der Waals surface area contributed by atoms with E-state index in [2.05, 4.69) is 22.5 Å². The number of para-hydroxylation sites is 1. The summed E-state index contributed by atoms with van der Waals surface area (Å²) in [6.45, 7) is 2.35. The molecule has 0 fully saturated rings. The van der Waals surface area contributed by atoms with Crippen molar-refractivity contribution in [3.63, 3.8) is 0 Å². The van der Waals surface area contributed by atoms with E-state index in [1.54, 1.807) is 4.90 Å². The molecule has 0 saturated carbocycles. The van der Waals surface area contributed by atoms with E-state index < -0.39 is 0 Å². The average Bonchev–Trinajstić information content (AvgIpc) is 2.69. The Morgan fingerprint density at radius 1 is 0.897 bits per heavy atom. The third-order valence-electron chi connectivity index (χ3n) is 4.56. The second-order valence-electron chi connectivity index (χ2n) is 6.74. The highest BCUT2D eigenvalue weighted by molar-refractivity contribution is 5.95. The van der Waals surface area contributed by atoms with Crippen molar-refractivity contribution in [3.8, 4) is 11.8 Å². The Labute approximate surface area is 170 Å². The molecule has 3 amide bonds. The Bertz CT molecular complexity index is 988. The zero-order valence-electron chi connectivity index (χ0n) is 16.3. The molecule has 0 unspecified atom stereocenters. The standard InChI is InChI=1S/C23H23N3O3/c1-17(27)24-14-12-22(28)25-15-13-23(29)26-16-20-8-3-2-6-18(20)10-11-19-7-4-5-9-21(19)26/h2-9H,12-16H2,1H3,(H,24,27)(H,25,28). The van der Waals surface area contributed by atoms with Gasteiger partial charge in [-0.15, -0.1) is 0 Å². The van der Waals surface area contributed by atoms with E-state index in [-0.39, 0.29) is 43.7 Å². The maximum atomic E-state index is 13.0. The quantitative estimate of drug-likeness (QED) is 0.742. The summed E-state index contributed by atoms with van der Waals surface area (Å²) >= 11 is 0. The van der Waals surface area contributed by atoms with Gasteiger partial charge in [0.15, 0.2) is 0 Å². The lowest BCUT2D eigenvalue weighted by atomic mass is 10.0. The summed E-state index contributed by atoms with van der Waals surface area (Å²) in [6.07, 6.45) is 0.360. The summed E-state index contributed by atoms with van der Waals surface area (Å²) in [6, 6.07) is 15.4. The molecule has 148 valence electrons. The summed E-state index contributed by atoms with van der Waals surface area (Å²) in [5, 5.41) is 5.30. The second kappa shape index (κ2) is 9.56. The highest BCUT2D eigenvalue weighted by Crippen LogP contribution is 2.25. The fourth-order valence-corrected chi connectivity index (χ4v) is 3.09. The van der Waals surface area contributed by atoms with Crippen molar-refractivity contribution in [2.24, 2.45) is 0 Å². The molecule has 3 rings (SSSR count). The van der Waals surface area contributed by atoms with Gasteiger partial charge in [-0.05, 0) is 23.8 Å². The summed E-state index contributed by atoms with van der Waals surface area (Å²) in [5.41, 5.74) is 3.47. The number of carbonyl (C=O) groups is 3. The van der Waals surface area contributed by atoms with E-state index >= 15 is 0 Å². The van der Waals surface area contributed by atoms with Crippen LogP contribution in [0.15, 0.2) is 48.5 Å². The molecule has 0 radical (unpaired) electrons. The first-order chi connectivity index (χ1) is 14.0. The van der Waals surface area contributed by atoms with Gasteiger partial charge in [-0.3, -0.25) is 14.4 Å². The predicted molar refractivity (Wildman–Crippen MR) is 111 cm³/mol. The zero-order chi connectivity index (χ0) is 20.6. The predicted octanol–water partition coefficient (Wildman–Crippen LogP) is 1.97. The number of carbonyl (C=O) groups excluding carboxylic acids is 3. The lowest BCUT2D eigenvalue weighted by Crippen LogP contribution is -2.36. The minimum Gasteiger partial charge on any atom is -0.356 e. The van der Waals surface area contributed by atoms with Crippen molar-refractivity contribution >= 4 is 23.4 Å². The van der Waals surface area contributed by atoms with Crippen LogP contribution in [0.1, 0.15) is 36.5 Å². The minimum atomic E-state index is -0.198. The van der Waals surface area contributed by atoms with Crippen LogP contribution >= 0.6 is 0 Å². The number of rotatable bonds is 6. The second-order valence-corrected chi connectivity index (χ2v) is 6.74. The topological polar surface area (TPSA) is 78.5 Å². The molecular formula is C23H23N3O3. The van der Waals surface area contributed by atoms with Gasteiger partial charge in [0.2, 0.25) is 17.7 Å². The number of amides is 3. The number of anilines is 1. The van der Waals surface area contributed by atoms with E-state index in [1.807, 2.05) is 48.5 Å². The van der Waals surface area contributed by atoms with Crippen LogP contribution in [0.4, 0.5) is 5.69 Å². The Hall–Kier alpha value is -3.59. The molecule has 2 N–H and O–H groups in total. The fourth-order valence-electron chi connectivity index (χ4n) is 3.09. The Morgan fingerprint density at radius 2 is 1.55 bits per heavy atom. The molecular weight excluding hydrogens is 366 g/mol. The van der Waals surface area contributed by atoms with Crippen molar-refractivity contribution < 1.29 is 14.4 Å². The number of fused-ring (bicyclic) bond motifs is 2. The van der Waals surface area contributed by atoms with Crippen LogP contribution in [-0.4, -0.2) is 30.8 Å². The van der Waals surface area contributed by atoms with Crippen LogP contribution in [0.2, 0.25) is 0 Å². The molecule has 0 spiro atoms. The maximum Gasteiger partial charge on any atom is 0.229 e. The van der Waals surface area contributed by atoms with Gasteiger partial charge in [-0.25, -0.2) is 0 Å². The van der Waals surface area contributed by atoms with Gasteiger partial charge in [-0.2, -0.15) is 0 Å². The van der Waals surface area contributed by atoms with Crippen LogP contribution < -0.4 is 15.5 Å². The summed E-state index contributed by atoms with van der Waals surface area (Å²) in [5.74, 6) is 5.90. The van der Waals surface area contributed by atoms with Gasteiger partial charge in [-0.1, -0.05) is 42.2 Å². The largest absolute Gasteiger partial charge is 0.356 e. The Kier molecular flexibility index (Phi) is 6.64. The molecule has 29 heavy (non-hydrogen) atoms. The van der Waals surface area contributed by atoms with E-state index in [4.69, 9.17) is 0 Å². The van der Waals surface area contributed by atoms with Crippen molar-refractivity contribution in [3.05, 3.63) is 65.2 Å². The normalized spacial score (nSPS) is 11.7. The van der Waals surface area contributed by atoms with Gasteiger partial charge < -0.3 is 15.5 Å². The average molecular weight is 389 g/mol. The van der Waals surface area contributed by atoms with Crippen molar-refractivity contribution in [1.29, 1.82) is 0 Å². The molecule has 2 aromatic carbocycles. The molecule has 0 bridgehead atoms. The van der Waals surface area contributed by atoms with Gasteiger partial charge in [0.1, 0.15) is 0 Å². The number of nitrogens with zero attached hydrogens (tertiary/aromatic N) is 1. The SMILES string of the molecule is CC(=O)NCCC(=O)NCCC(=O)N1Cc2ccccc2C#Cc2ccccc21. The summed E-state index contributed by atoms with van der Waals surface area (Å²) in [7, 11) is 0. The molecule has 6 nitrogen and oxygen atoms in total. The van der Waals surface area contributed by atoms with Crippen molar-refractivity contribution in [1.82, 2.24) is 10.6 Å². The first-order valence-corrected chi connectivity index (χ1v) is 9.55. The van der Waals surface area contributed by atoms with Crippen LogP contribution in [0.5, 0.6) is 0 Å². The molecule has 1 heterocycles. The molecule has 0 atom stereocenters. The van der Waals surface area contributed by atoms with Crippen LogP contribution in [0.25, 0.3) is 0 Å². The lowest BCUT2D eigenvalue weighted by molar-refractivity contribution is -0.121. The van der Waals surface area contributed by atoms with Crippen molar-refractivity contribution in [2.75, 3.05) is 18.0 Å². The smallest absolute Gasteiger partial charge is 0.229 e. The molecule has 6 heteroatoms. The molecule has 0 aromatic heterocycles. The zero-order valence-corrected chi connectivity index (χ0v) is 16.3. The van der Waals surface area contributed by atoms with Gasteiger partial charge >= 0.3 is 0 Å². The minimum absolute atomic E-state index is 0.0851. The third kappa shape index (κ3) is 5.45. The summed E-state index contributed by atoms with van der Waals surface area (Å²) < 4.78 is 0. The lowest BCUT2D eigenvalue weighted by Gasteiger charge is -2.26. The van der Waals surface area contributed by atoms with Crippen LogP contribution in [0.3, 0.4) is 0 Å². The Morgan fingerprint density at radius 3 is 2.34 bits per heavy atom. The van der Waals surface area contributed by atoms with E-state index in [9.17, 15) is 14.4 Å². The number of benzene rings is 2. The number of nitrogens with one attached hydrogen (secondary N) is 2. The molecule has 0 aliphatic carbocycles. The third-order valence-corrected chi connectivity index (χ3v) is 4.56. The van der Waals surface area contributed by atoms with E-state index in [1.165, 1.54) is 6.92 Å². The molecule has 1 aliphatic rings. The van der Waals surface area contributed by atoms with Crippen LogP contribution in [0, 0.1) is 11.8 Å². The summed E-state index contributed by atoms with van der Waals surface area (Å²) in [4.78, 5) is 37.4. The van der Waals surface area contributed by atoms with Gasteiger partial charge in [0.05, 0.1) is 12.2 Å². The van der Waals surface area contributed by atoms with Gasteiger partial charge in [0, 0.05) is 44.0 Å². The molecule has 0 saturated heterocycles. The molecule has 2 aromatic rings. The fraction of sp³-hybridized carbons (Fsp3) is 0.261. The first-order valence-electron chi connectivity index (χ1n) is 9.55. The van der Waals surface area contributed by atoms with E-state index in [0.29, 0.717) is 6.54 Å². The van der Waals surface area contributed by atoms with Gasteiger partial charge in [0.25, 0.3) is 0 Å². The number of hydrogen-bond acceptors (Lipinski definition) is 3. The maximum absolute atomic E-state index is 13.0. The first kappa shape index (κ1) is 20.2. The highest BCUT2D eigenvalue weighted by Gasteiger charge is 2.20. The van der Waals surface area contributed by atoms with Crippen molar-refractivity contribution in [2.45, 2.75) is 26.3 Å². The van der Waals surface area contributed by atoms with Crippen LogP contribution in [-0.2, 0) is 20.9 Å². The highest BCUT2D eigenvalue weighted by atomic mass is 16.2.